The summed E-state index contributed by atoms with van der Waals surface area (Å²) in [6.45, 7) is 3.88. The van der Waals surface area contributed by atoms with Gasteiger partial charge in [0.1, 0.15) is 5.75 Å². The Balaban J connectivity index is 0.00000144. The number of halogens is 1. The Bertz CT molecular complexity index is 363. The first-order valence-electron chi connectivity index (χ1n) is 6.15. The molecule has 0 aromatic heterocycles. The van der Waals surface area contributed by atoms with E-state index in [9.17, 15) is 5.11 Å². The highest BCUT2D eigenvalue weighted by Crippen LogP contribution is 2.36. The minimum Gasteiger partial charge on any atom is -0.507 e. The molecule has 0 amide bonds. The smallest absolute Gasteiger partial charge is 0.121 e. The van der Waals surface area contributed by atoms with E-state index in [1.165, 1.54) is 31.2 Å². The van der Waals surface area contributed by atoms with E-state index in [0.29, 0.717) is 11.7 Å². The number of nitrogens with two attached hydrogens (primary N) is 1. The lowest BCUT2D eigenvalue weighted by atomic mass is 9.90. The lowest BCUT2D eigenvalue weighted by Crippen LogP contribution is -2.19. The van der Waals surface area contributed by atoms with Crippen LogP contribution in [-0.4, -0.2) is 5.11 Å². The number of phenols is 1. The van der Waals surface area contributed by atoms with E-state index in [-0.39, 0.29) is 18.4 Å². The first kappa shape index (κ1) is 14.3. The number of benzene rings is 1. The summed E-state index contributed by atoms with van der Waals surface area (Å²) in [6, 6.07) is 4.21. The Morgan fingerprint density at radius 1 is 1.18 bits per heavy atom. The summed E-state index contributed by atoms with van der Waals surface area (Å²) in [7, 11) is 0. The molecule has 0 bridgehead atoms. The van der Waals surface area contributed by atoms with Crippen molar-refractivity contribution in [2.75, 3.05) is 0 Å². The average molecular weight is 256 g/mol. The summed E-state index contributed by atoms with van der Waals surface area (Å²) in [5, 5.41) is 9.74. The molecule has 1 atom stereocenters. The molecule has 0 spiro atoms. The number of hydrogen-bond acceptors (Lipinski definition) is 2. The number of hydrogen-bond donors (Lipinski definition) is 2. The van der Waals surface area contributed by atoms with Gasteiger partial charge in [0.2, 0.25) is 0 Å². The fourth-order valence-corrected chi connectivity index (χ4v) is 2.77. The fourth-order valence-electron chi connectivity index (χ4n) is 2.77. The van der Waals surface area contributed by atoms with Gasteiger partial charge in [0.15, 0.2) is 0 Å². The molecule has 1 aliphatic carbocycles. The van der Waals surface area contributed by atoms with Gasteiger partial charge in [0.05, 0.1) is 0 Å². The maximum absolute atomic E-state index is 9.74. The molecule has 96 valence electrons. The van der Waals surface area contributed by atoms with Crippen LogP contribution >= 0.6 is 12.4 Å². The molecule has 1 aromatic carbocycles. The van der Waals surface area contributed by atoms with E-state index < -0.39 is 0 Å². The normalized spacial score (nSPS) is 17.8. The van der Waals surface area contributed by atoms with Crippen LogP contribution < -0.4 is 5.73 Å². The molecule has 0 heterocycles. The van der Waals surface area contributed by atoms with Gasteiger partial charge in [0.25, 0.3) is 0 Å². The van der Waals surface area contributed by atoms with Crippen LogP contribution in [0.25, 0.3) is 0 Å². The molecule has 0 unspecified atom stereocenters. The van der Waals surface area contributed by atoms with Crippen LogP contribution in [0.5, 0.6) is 5.75 Å². The van der Waals surface area contributed by atoms with Crippen LogP contribution in [0, 0.1) is 19.8 Å². The lowest BCUT2D eigenvalue weighted by molar-refractivity contribution is 0.441. The van der Waals surface area contributed by atoms with E-state index in [0.717, 1.165) is 11.1 Å². The first-order chi connectivity index (χ1) is 7.59. The predicted molar refractivity (Wildman–Crippen MR) is 73.7 cm³/mol. The molecule has 3 heteroatoms. The molecule has 1 saturated carbocycles. The van der Waals surface area contributed by atoms with Gasteiger partial charge >= 0.3 is 0 Å². The second kappa shape index (κ2) is 5.74. The molecule has 0 aliphatic heterocycles. The van der Waals surface area contributed by atoms with Crippen LogP contribution in [0.15, 0.2) is 12.1 Å². The highest BCUT2D eigenvalue weighted by molar-refractivity contribution is 5.85. The first-order valence-corrected chi connectivity index (χ1v) is 6.15. The van der Waals surface area contributed by atoms with Crippen molar-refractivity contribution < 1.29 is 5.11 Å². The monoisotopic (exact) mass is 255 g/mol. The maximum atomic E-state index is 9.74. The summed E-state index contributed by atoms with van der Waals surface area (Å²) >= 11 is 0. The second-order valence-corrected chi connectivity index (χ2v) is 5.07. The minimum absolute atomic E-state index is 0. The largest absolute Gasteiger partial charge is 0.507 e. The SMILES string of the molecule is Cc1cc([C@H](N)C2CCCC2)cc(C)c1O.Cl. The Labute approximate surface area is 110 Å². The Kier molecular flexibility index (Phi) is 4.84. The summed E-state index contributed by atoms with van der Waals surface area (Å²) in [4.78, 5) is 0. The van der Waals surface area contributed by atoms with Crippen LogP contribution in [-0.2, 0) is 0 Å². The van der Waals surface area contributed by atoms with Crippen LogP contribution in [0.1, 0.15) is 48.4 Å². The zero-order chi connectivity index (χ0) is 11.7. The molecule has 2 rings (SSSR count). The summed E-state index contributed by atoms with van der Waals surface area (Å²) in [5.41, 5.74) is 9.35. The van der Waals surface area contributed by atoms with Crippen molar-refractivity contribution in [2.45, 2.75) is 45.6 Å². The average Bonchev–Trinajstić information content (AvgIpc) is 2.77. The van der Waals surface area contributed by atoms with E-state index in [2.05, 4.69) is 0 Å². The molecule has 1 aliphatic rings. The minimum atomic E-state index is 0. The van der Waals surface area contributed by atoms with Gasteiger partial charge in [-0.05, 0) is 49.3 Å². The van der Waals surface area contributed by atoms with Crippen molar-refractivity contribution in [3.05, 3.63) is 28.8 Å². The molecule has 2 nitrogen and oxygen atoms in total. The van der Waals surface area contributed by atoms with Gasteiger partial charge in [-0.1, -0.05) is 25.0 Å². The molecular formula is C14H22ClNO. The highest BCUT2D eigenvalue weighted by Gasteiger charge is 2.23. The van der Waals surface area contributed by atoms with Gasteiger partial charge in [0, 0.05) is 6.04 Å². The van der Waals surface area contributed by atoms with Crippen molar-refractivity contribution in [3.8, 4) is 5.75 Å². The topological polar surface area (TPSA) is 46.2 Å². The lowest BCUT2D eigenvalue weighted by Gasteiger charge is -2.20. The quantitative estimate of drug-likeness (QED) is 0.848. The Morgan fingerprint density at radius 2 is 1.65 bits per heavy atom. The van der Waals surface area contributed by atoms with E-state index >= 15 is 0 Å². The maximum Gasteiger partial charge on any atom is 0.121 e. The van der Waals surface area contributed by atoms with Crippen LogP contribution in [0.3, 0.4) is 0 Å². The third-order valence-electron chi connectivity index (χ3n) is 3.81. The fraction of sp³-hybridized carbons (Fsp3) is 0.571. The standard InChI is InChI=1S/C14H21NO.ClH/c1-9-7-12(8-10(2)14(9)16)13(15)11-5-3-4-6-11;/h7-8,11,13,16H,3-6,15H2,1-2H3;1H/t13-;/m1./s1. The number of rotatable bonds is 2. The van der Waals surface area contributed by atoms with Gasteiger partial charge < -0.3 is 10.8 Å². The number of aromatic hydroxyl groups is 1. The summed E-state index contributed by atoms with van der Waals surface area (Å²) < 4.78 is 0. The molecular weight excluding hydrogens is 234 g/mol. The number of phenolic OH excluding ortho intramolecular Hbond substituents is 1. The Morgan fingerprint density at radius 3 is 2.12 bits per heavy atom. The van der Waals surface area contributed by atoms with Crippen LogP contribution in [0.4, 0.5) is 0 Å². The Hall–Kier alpha value is -0.730. The van der Waals surface area contributed by atoms with Crippen LogP contribution in [0.2, 0.25) is 0 Å². The van der Waals surface area contributed by atoms with Gasteiger partial charge in [-0.25, -0.2) is 0 Å². The van der Waals surface area contributed by atoms with Gasteiger partial charge in [-0.15, -0.1) is 12.4 Å². The predicted octanol–water partition coefficient (Wildman–Crippen LogP) is 3.62. The second-order valence-electron chi connectivity index (χ2n) is 5.07. The molecule has 17 heavy (non-hydrogen) atoms. The summed E-state index contributed by atoms with van der Waals surface area (Å²) in [6.07, 6.45) is 5.13. The van der Waals surface area contributed by atoms with Crippen molar-refractivity contribution in [1.29, 1.82) is 0 Å². The highest BCUT2D eigenvalue weighted by atomic mass is 35.5. The molecule has 3 N–H and O–H groups in total. The van der Waals surface area contributed by atoms with Gasteiger partial charge in [-0.3, -0.25) is 0 Å². The zero-order valence-corrected chi connectivity index (χ0v) is 11.4. The van der Waals surface area contributed by atoms with Crippen molar-refractivity contribution in [2.24, 2.45) is 11.7 Å². The van der Waals surface area contributed by atoms with Crippen molar-refractivity contribution in [3.63, 3.8) is 0 Å². The molecule has 1 aromatic rings. The molecule has 0 radical (unpaired) electrons. The van der Waals surface area contributed by atoms with E-state index in [1.807, 2.05) is 26.0 Å². The molecule has 1 fully saturated rings. The summed E-state index contributed by atoms with van der Waals surface area (Å²) in [5.74, 6) is 1.03. The van der Waals surface area contributed by atoms with E-state index in [1.54, 1.807) is 0 Å². The molecule has 0 saturated heterocycles. The third kappa shape index (κ3) is 2.93. The van der Waals surface area contributed by atoms with E-state index in [4.69, 9.17) is 5.73 Å². The van der Waals surface area contributed by atoms with Gasteiger partial charge in [-0.2, -0.15) is 0 Å². The number of aryl methyl sites for hydroxylation is 2. The zero-order valence-electron chi connectivity index (χ0n) is 10.6. The third-order valence-corrected chi connectivity index (χ3v) is 3.81. The van der Waals surface area contributed by atoms with Crippen molar-refractivity contribution in [1.82, 2.24) is 0 Å². The van der Waals surface area contributed by atoms with Crippen molar-refractivity contribution >= 4 is 12.4 Å².